The van der Waals surface area contributed by atoms with Gasteiger partial charge in [0.2, 0.25) is 0 Å². The van der Waals surface area contributed by atoms with Crippen molar-refractivity contribution in [2.45, 2.75) is 24.7 Å². The van der Waals surface area contributed by atoms with E-state index in [4.69, 9.17) is 0 Å². The van der Waals surface area contributed by atoms with Crippen molar-refractivity contribution in [1.82, 2.24) is 0 Å². The van der Waals surface area contributed by atoms with Crippen molar-refractivity contribution in [2.75, 3.05) is 5.32 Å². The molecule has 0 spiro atoms. The molecule has 0 radical (unpaired) electrons. The second kappa shape index (κ2) is 10.4. The van der Waals surface area contributed by atoms with Crippen molar-refractivity contribution in [3.05, 3.63) is 203 Å². The Hall–Kier alpha value is -5.66. The lowest BCUT2D eigenvalue weighted by atomic mass is 9.68. The number of hydrogen-bond donors (Lipinski definition) is 1. The third kappa shape index (κ3) is 4.03. The van der Waals surface area contributed by atoms with Crippen LogP contribution in [-0.4, -0.2) is 0 Å². The van der Waals surface area contributed by atoms with Crippen LogP contribution in [0.25, 0.3) is 33.4 Å². The van der Waals surface area contributed by atoms with Crippen LogP contribution in [0.5, 0.6) is 0 Å². The van der Waals surface area contributed by atoms with Crippen molar-refractivity contribution >= 4 is 11.4 Å². The highest BCUT2D eigenvalue weighted by atomic mass is 14.9. The predicted octanol–water partition coefficient (Wildman–Crippen LogP) is 11.8. The summed E-state index contributed by atoms with van der Waals surface area (Å²) in [6.07, 6.45) is 0. The zero-order valence-electron chi connectivity index (χ0n) is 26.7. The molecule has 47 heavy (non-hydrogen) atoms. The molecule has 0 unspecified atom stereocenters. The summed E-state index contributed by atoms with van der Waals surface area (Å²) < 4.78 is 0. The quantitative estimate of drug-likeness (QED) is 0.207. The number of hydrogen-bond acceptors (Lipinski definition) is 1. The van der Waals surface area contributed by atoms with Crippen LogP contribution in [0.2, 0.25) is 0 Å². The molecule has 1 heteroatoms. The first-order valence-corrected chi connectivity index (χ1v) is 16.5. The van der Waals surface area contributed by atoms with E-state index in [0.29, 0.717) is 0 Å². The van der Waals surface area contributed by atoms with E-state index in [1.807, 2.05) is 0 Å². The topological polar surface area (TPSA) is 12.0 Å². The highest BCUT2D eigenvalue weighted by Gasteiger charge is 2.46. The molecule has 2 aliphatic carbocycles. The molecule has 9 rings (SSSR count). The van der Waals surface area contributed by atoms with Crippen LogP contribution in [0.1, 0.15) is 47.2 Å². The lowest BCUT2D eigenvalue weighted by Crippen LogP contribution is -2.28. The molecule has 0 bridgehead atoms. The van der Waals surface area contributed by atoms with Gasteiger partial charge in [-0.25, -0.2) is 0 Å². The predicted molar refractivity (Wildman–Crippen MR) is 196 cm³/mol. The van der Waals surface area contributed by atoms with Gasteiger partial charge < -0.3 is 5.32 Å². The van der Waals surface area contributed by atoms with Gasteiger partial charge in [0.1, 0.15) is 0 Å². The van der Waals surface area contributed by atoms with E-state index in [2.05, 4.69) is 189 Å². The Morgan fingerprint density at radius 2 is 0.957 bits per heavy atom. The Balaban J connectivity index is 1.12. The molecule has 0 heterocycles. The van der Waals surface area contributed by atoms with E-state index in [1.54, 1.807) is 0 Å². The van der Waals surface area contributed by atoms with Crippen molar-refractivity contribution in [1.29, 1.82) is 0 Å². The molecule has 0 saturated heterocycles. The van der Waals surface area contributed by atoms with Crippen LogP contribution in [0, 0.1) is 0 Å². The molecule has 2 aliphatic rings. The zero-order valence-corrected chi connectivity index (χ0v) is 26.7. The van der Waals surface area contributed by atoms with E-state index in [-0.39, 0.29) is 5.41 Å². The van der Waals surface area contributed by atoms with Gasteiger partial charge in [0.25, 0.3) is 0 Å². The number of nitrogens with one attached hydrogen (secondary N) is 1. The minimum absolute atomic E-state index is 0.0118. The molecule has 7 aromatic carbocycles. The van der Waals surface area contributed by atoms with Gasteiger partial charge in [0.05, 0.1) is 5.41 Å². The molecule has 0 amide bonds. The van der Waals surface area contributed by atoms with E-state index >= 15 is 0 Å². The van der Waals surface area contributed by atoms with Gasteiger partial charge in [0.15, 0.2) is 0 Å². The highest BCUT2D eigenvalue weighted by molar-refractivity contribution is 5.94. The van der Waals surface area contributed by atoms with Gasteiger partial charge in [-0.15, -0.1) is 0 Å². The van der Waals surface area contributed by atoms with Crippen molar-refractivity contribution < 1.29 is 0 Å². The maximum Gasteiger partial charge on any atom is 0.0714 e. The lowest BCUT2D eigenvalue weighted by molar-refractivity contribution is 0.660. The van der Waals surface area contributed by atoms with Gasteiger partial charge in [0, 0.05) is 22.4 Å². The molecule has 0 saturated carbocycles. The first kappa shape index (κ1) is 27.6. The molecular formula is C46H35N. The monoisotopic (exact) mass is 601 g/mol. The first-order valence-electron chi connectivity index (χ1n) is 16.5. The van der Waals surface area contributed by atoms with Crippen LogP contribution >= 0.6 is 0 Å². The molecule has 1 N–H and O–H groups in total. The summed E-state index contributed by atoms with van der Waals surface area (Å²) in [5.74, 6) is 0. The van der Waals surface area contributed by atoms with Crippen LogP contribution < -0.4 is 5.32 Å². The first-order chi connectivity index (χ1) is 23.1. The van der Waals surface area contributed by atoms with Crippen molar-refractivity contribution in [2.24, 2.45) is 0 Å². The SMILES string of the molecule is CC1(C)c2ccccc2-c2ccc(-c3ccc(Nc4cccc5c4-c4ccccc4C5(c4ccccc4)c4ccccc4)cc3)cc21. The average Bonchev–Trinajstić information content (AvgIpc) is 3.56. The van der Waals surface area contributed by atoms with Crippen molar-refractivity contribution in [3.63, 3.8) is 0 Å². The molecule has 0 fully saturated rings. The molecule has 0 atom stereocenters. The Morgan fingerprint density at radius 1 is 0.404 bits per heavy atom. The largest absolute Gasteiger partial charge is 0.355 e. The van der Waals surface area contributed by atoms with Gasteiger partial charge in [-0.2, -0.15) is 0 Å². The molecular weight excluding hydrogens is 567 g/mol. The van der Waals surface area contributed by atoms with Crippen LogP contribution in [0.3, 0.4) is 0 Å². The van der Waals surface area contributed by atoms with E-state index in [1.165, 1.54) is 66.8 Å². The Labute approximate surface area is 277 Å². The number of rotatable bonds is 5. The molecule has 1 nitrogen and oxygen atoms in total. The number of fused-ring (bicyclic) bond motifs is 6. The number of anilines is 2. The van der Waals surface area contributed by atoms with E-state index in [0.717, 1.165) is 11.4 Å². The van der Waals surface area contributed by atoms with Crippen LogP contribution in [0.15, 0.2) is 170 Å². The lowest BCUT2D eigenvalue weighted by Gasteiger charge is -2.33. The summed E-state index contributed by atoms with van der Waals surface area (Å²) in [7, 11) is 0. The summed E-state index contributed by atoms with van der Waals surface area (Å²) in [4.78, 5) is 0. The summed E-state index contributed by atoms with van der Waals surface area (Å²) in [6, 6.07) is 62.3. The van der Waals surface area contributed by atoms with E-state index in [9.17, 15) is 0 Å². The minimum Gasteiger partial charge on any atom is -0.355 e. The molecule has 7 aromatic rings. The second-order valence-corrected chi connectivity index (χ2v) is 13.4. The Morgan fingerprint density at radius 3 is 1.66 bits per heavy atom. The normalized spacial score (nSPS) is 14.5. The fraction of sp³-hybridized carbons (Fsp3) is 0.0870. The third-order valence-corrected chi connectivity index (χ3v) is 10.6. The maximum atomic E-state index is 3.83. The second-order valence-electron chi connectivity index (χ2n) is 13.4. The molecule has 224 valence electrons. The Kier molecular flexibility index (Phi) is 6.14. The van der Waals surface area contributed by atoms with E-state index < -0.39 is 5.41 Å². The maximum absolute atomic E-state index is 3.83. The average molecular weight is 602 g/mol. The summed E-state index contributed by atoms with van der Waals surface area (Å²) in [6.45, 7) is 4.68. The third-order valence-electron chi connectivity index (χ3n) is 10.6. The summed E-state index contributed by atoms with van der Waals surface area (Å²) in [5.41, 5.74) is 17.5. The molecule has 0 aromatic heterocycles. The summed E-state index contributed by atoms with van der Waals surface area (Å²) >= 11 is 0. The minimum atomic E-state index is -0.406. The van der Waals surface area contributed by atoms with Gasteiger partial charge in [-0.05, 0) is 85.5 Å². The highest BCUT2D eigenvalue weighted by Crippen LogP contribution is 2.58. The standard InChI is InChI=1S/C46H35N/c1-45(2)39-20-11-9-18-36(39)37-29-26-32(30-42(37)45)31-24-27-35(28-25-31)47-43-23-13-22-41-44(43)38-19-10-12-21-40(38)46(41,33-14-5-3-6-15-33)34-16-7-4-8-17-34/h3-30,47H,1-2H3. The fourth-order valence-corrected chi connectivity index (χ4v) is 8.38. The summed E-state index contributed by atoms with van der Waals surface area (Å²) in [5, 5.41) is 3.83. The number of benzene rings is 7. The zero-order chi connectivity index (χ0) is 31.6. The molecule has 0 aliphatic heterocycles. The fourth-order valence-electron chi connectivity index (χ4n) is 8.38. The smallest absolute Gasteiger partial charge is 0.0714 e. The van der Waals surface area contributed by atoms with Crippen LogP contribution in [0.4, 0.5) is 11.4 Å². The van der Waals surface area contributed by atoms with Gasteiger partial charge in [-0.3, -0.25) is 0 Å². The van der Waals surface area contributed by atoms with Gasteiger partial charge in [-0.1, -0.05) is 159 Å². The Bertz CT molecular complexity index is 2240. The van der Waals surface area contributed by atoms with Gasteiger partial charge >= 0.3 is 0 Å². The van der Waals surface area contributed by atoms with Crippen molar-refractivity contribution in [3.8, 4) is 33.4 Å². The van der Waals surface area contributed by atoms with Crippen LogP contribution in [-0.2, 0) is 10.8 Å².